The minimum Gasteiger partial charge on any atom is -0.367 e. The second-order valence-corrected chi connectivity index (χ2v) is 5.96. The van der Waals surface area contributed by atoms with Gasteiger partial charge < -0.3 is 15.4 Å². The van der Waals surface area contributed by atoms with Gasteiger partial charge >= 0.3 is 6.18 Å². The van der Waals surface area contributed by atoms with E-state index >= 15 is 0 Å². The number of alkyl halides is 3. The van der Waals surface area contributed by atoms with Crippen molar-refractivity contribution in [2.45, 2.75) is 30.8 Å². The van der Waals surface area contributed by atoms with E-state index in [2.05, 4.69) is 20.6 Å². The van der Waals surface area contributed by atoms with Gasteiger partial charge in [-0.1, -0.05) is 12.1 Å². The topological polar surface area (TPSA) is 59.1 Å². The number of ether oxygens (including phenoxy) is 1. The number of nitrogens with zero attached hydrogens (tertiary/aromatic N) is 2. The van der Waals surface area contributed by atoms with Crippen molar-refractivity contribution < 1.29 is 17.9 Å². The third-order valence-electron chi connectivity index (χ3n) is 4.28. The van der Waals surface area contributed by atoms with Crippen LogP contribution in [0.2, 0.25) is 0 Å². The van der Waals surface area contributed by atoms with Crippen molar-refractivity contribution in [1.82, 2.24) is 15.3 Å². The highest BCUT2D eigenvalue weighted by Crippen LogP contribution is 2.37. The summed E-state index contributed by atoms with van der Waals surface area (Å²) in [5.41, 5.74) is 0.798. The van der Waals surface area contributed by atoms with Gasteiger partial charge in [0.05, 0.1) is 24.6 Å². The fourth-order valence-corrected chi connectivity index (χ4v) is 3.12. The molecule has 126 valence electrons. The molecule has 0 spiro atoms. The van der Waals surface area contributed by atoms with Crippen LogP contribution in [0.4, 0.5) is 24.7 Å². The molecule has 5 nitrogen and oxygen atoms in total. The average molecular weight is 336 g/mol. The lowest BCUT2D eigenvalue weighted by molar-refractivity contribution is -0.141. The van der Waals surface area contributed by atoms with Gasteiger partial charge in [0.25, 0.3) is 0 Å². The molecule has 2 bridgehead atoms. The Balaban J connectivity index is 1.44. The molecule has 1 aromatic carbocycles. The number of halogens is 3. The number of morpholine rings is 1. The zero-order valence-electron chi connectivity index (χ0n) is 12.5. The molecule has 0 saturated carbocycles. The van der Waals surface area contributed by atoms with E-state index in [1.165, 1.54) is 0 Å². The first-order valence-corrected chi connectivity index (χ1v) is 7.64. The fraction of sp³-hybridized carbons (Fsp3) is 0.375. The normalized spacial score (nSPS) is 25.9. The minimum absolute atomic E-state index is 0.0589. The summed E-state index contributed by atoms with van der Waals surface area (Å²) in [6, 6.07) is 7.96. The van der Waals surface area contributed by atoms with E-state index < -0.39 is 11.9 Å². The number of rotatable bonds is 3. The molecule has 2 aliphatic heterocycles. The molecule has 1 aromatic heterocycles. The Hall–Kier alpha value is -2.19. The summed E-state index contributed by atoms with van der Waals surface area (Å²) in [6.07, 6.45) is -1.32. The summed E-state index contributed by atoms with van der Waals surface area (Å²) in [4.78, 5) is 7.12. The van der Waals surface area contributed by atoms with Crippen molar-refractivity contribution in [2.24, 2.45) is 0 Å². The maximum absolute atomic E-state index is 12.5. The molecule has 3 atom stereocenters. The maximum Gasteiger partial charge on any atom is 0.434 e. The first kappa shape index (κ1) is 15.3. The highest BCUT2D eigenvalue weighted by molar-refractivity contribution is 5.55. The number of hydrogen-bond donors (Lipinski definition) is 2. The lowest BCUT2D eigenvalue weighted by atomic mass is 10.0. The van der Waals surface area contributed by atoms with Crippen LogP contribution in [-0.2, 0) is 10.9 Å². The van der Waals surface area contributed by atoms with Crippen molar-refractivity contribution in [3.8, 4) is 0 Å². The summed E-state index contributed by atoms with van der Waals surface area (Å²) in [7, 11) is 0. The average Bonchev–Trinajstić information content (AvgIpc) is 3.18. The highest BCUT2D eigenvalue weighted by atomic mass is 19.4. The van der Waals surface area contributed by atoms with E-state index in [1.807, 2.05) is 24.3 Å². The predicted molar refractivity (Wildman–Crippen MR) is 80.8 cm³/mol. The van der Waals surface area contributed by atoms with Crippen LogP contribution in [-0.4, -0.2) is 28.7 Å². The number of aromatic nitrogens is 2. The summed E-state index contributed by atoms with van der Waals surface area (Å²) in [5, 5.41) is 6.36. The zero-order valence-corrected chi connectivity index (χ0v) is 12.5. The van der Waals surface area contributed by atoms with E-state index in [4.69, 9.17) is 4.74 Å². The molecule has 0 amide bonds. The Morgan fingerprint density at radius 3 is 2.46 bits per heavy atom. The van der Waals surface area contributed by atoms with Gasteiger partial charge in [-0.3, -0.25) is 0 Å². The summed E-state index contributed by atoms with van der Waals surface area (Å²) < 4.78 is 43.3. The van der Waals surface area contributed by atoms with Crippen LogP contribution in [0.15, 0.2) is 36.7 Å². The molecule has 2 N–H and O–H groups in total. The molecular weight excluding hydrogens is 321 g/mol. The lowest BCUT2D eigenvalue weighted by Crippen LogP contribution is -2.33. The summed E-state index contributed by atoms with van der Waals surface area (Å²) >= 11 is 0. The standard InChI is InChI=1S/C16H15F3N4O/c17-16(18,19)13-7-22-14(8-21-13)23-10-3-1-9(2-4-10)15-12-5-11(24-15)6-20-12/h1-4,7-8,11-12,15,20H,5-6H2,(H,22,23)/t11-,12-,15+/m0/s1. The molecule has 2 saturated heterocycles. The number of fused-ring (bicyclic) bond motifs is 2. The molecular formula is C16H15F3N4O. The van der Waals surface area contributed by atoms with Crippen molar-refractivity contribution in [2.75, 3.05) is 11.9 Å². The number of nitrogens with one attached hydrogen (secondary N) is 2. The molecule has 3 heterocycles. The quantitative estimate of drug-likeness (QED) is 0.902. The number of hydrogen-bond acceptors (Lipinski definition) is 5. The van der Waals surface area contributed by atoms with E-state index in [0.29, 0.717) is 18.3 Å². The van der Waals surface area contributed by atoms with Crippen LogP contribution in [0.25, 0.3) is 0 Å². The largest absolute Gasteiger partial charge is 0.434 e. The fourth-order valence-electron chi connectivity index (χ4n) is 3.12. The van der Waals surface area contributed by atoms with Gasteiger partial charge in [0.1, 0.15) is 5.82 Å². The third-order valence-corrected chi connectivity index (χ3v) is 4.28. The second-order valence-electron chi connectivity index (χ2n) is 5.96. The lowest BCUT2D eigenvalue weighted by Gasteiger charge is -2.23. The van der Waals surface area contributed by atoms with Gasteiger partial charge in [-0.2, -0.15) is 13.2 Å². The van der Waals surface area contributed by atoms with Crippen molar-refractivity contribution in [3.05, 3.63) is 47.9 Å². The van der Waals surface area contributed by atoms with Crippen molar-refractivity contribution in [3.63, 3.8) is 0 Å². The molecule has 8 heteroatoms. The number of anilines is 2. The second kappa shape index (κ2) is 5.71. The Morgan fingerprint density at radius 1 is 1.12 bits per heavy atom. The molecule has 0 unspecified atom stereocenters. The van der Waals surface area contributed by atoms with Gasteiger partial charge in [-0.15, -0.1) is 0 Å². The van der Waals surface area contributed by atoms with Crippen molar-refractivity contribution in [1.29, 1.82) is 0 Å². The first-order chi connectivity index (χ1) is 11.5. The third kappa shape index (κ3) is 2.94. The van der Waals surface area contributed by atoms with Crippen LogP contribution in [0.3, 0.4) is 0 Å². The smallest absolute Gasteiger partial charge is 0.367 e. The van der Waals surface area contributed by atoms with Gasteiger partial charge in [0.2, 0.25) is 0 Å². The van der Waals surface area contributed by atoms with Gasteiger partial charge in [-0.05, 0) is 24.1 Å². The molecule has 4 rings (SSSR count). The Kier molecular flexibility index (Phi) is 3.65. The van der Waals surface area contributed by atoms with Crippen molar-refractivity contribution >= 4 is 11.5 Å². The Labute approximate surface area is 136 Å². The van der Waals surface area contributed by atoms with Gasteiger partial charge in [0.15, 0.2) is 5.69 Å². The van der Waals surface area contributed by atoms with Crippen LogP contribution >= 0.6 is 0 Å². The van der Waals surface area contributed by atoms with Crippen LogP contribution in [0, 0.1) is 0 Å². The molecule has 2 fully saturated rings. The van der Waals surface area contributed by atoms with E-state index in [9.17, 15) is 13.2 Å². The van der Waals surface area contributed by atoms with E-state index in [-0.39, 0.29) is 11.9 Å². The number of benzene rings is 1. The minimum atomic E-state index is -4.48. The van der Waals surface area contributed by atoms with Crippen LogP contribution in [0.1, 0.15) is 23.8 Å². The highest BCUT2D eigenvalue weighted by Gasteiger charge is 2.41. The van der Waals surface area contributed by atoms with Crippen LogP contribution in [0.5, 0.6) is 0 Å². The van der Waals surface area contributed by atoms with E-state index in [1.54, 1.807) is 0 Å². The summed E-state index contributed by atoms with van der Waals surface area (Å²) in [6.45, 7) is 0.910. The SMILES string of the molecule is FC(F)(F)c1cnc(Nc2ccc([C@H]3O[C@@H]4CN[C@H]3C4)cc2)cn1. The first-order valence-electron chi connectivity index (χ1n) is 7.64. The van der Waals surface area contributed by atoms with Crippen LogP contribution < -0.4 is 10.6 Å². The van der Waals surface area contributed by atoms with Gasteiger partial charge in [0, 0.05) is 18.3 Å². The summed E-state index contributed by atoms with van der Waals surface area (Å²) in [5.74, 6) is 0.258. The predicted octanol–water partition coefficient (Wildman–Crippen LogP) is 3.04. The van der Waals surface area contributed by atoms with E-state index in [0.717, 1.165) is 30.4 Å². The molecule has 2 aromatic rings. The Morgan fingerprint density at radius 2 is 1.92 bits per heavy atom. The zero-order chi connectivity index (χ0) is 16.7. The monoisotopic (exact) mass is 336 g/mol. The molecule has 2 aliphatic rings. The maximum atomic E-state index is 12.5. The molecule has 0 aliphatic carbocycles. The Bertz CT molecular complexity index is 718. The van der Waals surface area contributed by atoms with Gasteiger partial charge in [-0.25, -0.2) is 9.97 Å². The molecule has 0 radical (unpaired) electrons. The molecule has 24 heavy (non-hydrogen) atoms.